The molecule has 0 saturated carbocycles. The molecule has 0 spiro atoms. The van der Waals surface area contributed by atoms with Crippen molar-refractivity contribution in [1.82, 2.24) is 0 Å². The summed E-state index contributed by atoms with van der Waals surface area (Å²) >= 11 is 6.44. The quantitative estimate of drug-likeness (QED) is 0.438. The second-order valence-electron chi connectivity index (χ2n) is 8.23. The summed E-state index contributed by atoms with van der Waals surface area (Å²) in [5.41, 5.74) is 7.99. The zero-order chi connectivity index (χ0) is 23.1. The molecule has 0 aliphatic carbocycles. The van der Waals surface area contributed by atoms with E-state index in [-0.39, 0.29) is 25.5 Å². The molecular formula is C26H27ClFNO3. The van der Waals surface area contributed by atoms with Gasteiger partial charge in [0.2, 0.25) is 0 Å². The van der Waals surface area contributed by atoms with Gasteiger partial charge >= 0.3 is 5.97 Å². The van der Waals surface area contributed by atoms with Crippen molar-refractivity contribution >= 4 is 17.6 Å². The number of halogens is 2. The standard InChI is InChI=1S/C26H27ClFNO3/c1-26(17-30,25(31)32-16-18-7-3-2-4-8-18)15-21(29)13-20-12-11-19(14-23(20)27)22-9-5-6-10-24(22)28/h2-12,14,21,30H,13,15-17,29H2,1H3/t21-,26?/m0/s1. The lowest BCUT2D eigenvalue weighted by molar-refractivity contribution is -0.159. The Labute approximate surface area is 192 Å². The van der Waals surface area contributed by atoms with Crippen molar-refractivity contribution in [1.29, 1.82) is 0 Å². The molecular weight excluding hydrogens is 429 g/mol. The molecule has 0 aliphatic heterocycles. The average Bonchev–Trinajstić information content (AvgIpc) is 2.79. The first-order valence-corrected chi connectivity index (χ1v) is 10.8. The van der Waals surface area contributed by atoms with Gasteiger partial charge in [0, 0.05) is 16.6 Å². The zero-order valence-electron chi connectivity index (χ0n) is 17.9. The molecule has 3 aromatic carbocycles. The Balaban J connectivity index is 1.64. The number of carbonyl (C=O) groups is 1. The molecule has 0 radical (unpaired) electrons. The first-order chi connectivity index (χ1) is 15.3. The van der Waals surface area contributed by atoms with Crippen LogP contribution in [0, 0.1) is 11.2 Å². The molecule has 1 unspecified atom stereocenters. The second-order valence-corrected chi connectivity index (χ2v) is 8.64. The third-order valence-corrected chi connectivity index (χ3v) is 5.84. The van der Waals surface area contributed by atoms with E-state index >= 15 is 0 Å². The largest absolute Gasteiger partial charge is 0.460 e. The fraction of sp³-hybridized carbons (Fsp3) is 0.269. The number of hydrogen-bond acceptors (Lipinski definition) is 4. The molecule has 6 heteroatoms. The molecule has 3 N–H and O–H groups in total. The molecule has 0 amide bonds. The molecule has 2 atom stereocenters. The van der Waals surface area contributed by atoms with Crippen LogP contribution >= 0.6 is 11.6 Å². The molecule has 0 saturated heterocycles. The first kappa shape index (κ1) is 23.9. The third-order valence-electron chi connectivity index (χ3n) is 5.49. The lowest BCUT2D eigenvalue weighted by Crippen LogP contribution is -2.40. The molecule has 0 aliphatic rings. The summed E-state index contributed by atoms with van der Waals surface area (Å²) in [5.74, 6) is -0.818. The lowest BCUT2D eigenvalue weighted by Gasteiger charge is -2.28. The van der Waals surface area contributed by atoms with Gasteiger partial charge in [-0.3, -0.25) is 4.79 Å². The Bertz CT molecular complexity index is 1060. The van der Waals surface area contributed by atoms with E-state index in [4.69, 9.17) is 22.1 Å². The predicted octanol–water partition coefficient (Wildman–Crippen LogP) is 5.15. The number of benzene rings is 3. The van der Waals surface area contributed by atoms with Gasteiger partial charge in [-0.15, -0.1) is 0 Å². The van der Waals surface area contributed by atoms with E-state index in [1.807, 2.05) is 36.4 Å². The summed E-state index contributed by atoms with van der Waals surface area (Å²) in [7, 11) is 0. The highest BCUT2D eigenvalue weighted by molar-refractivity contribution is 6.31. The SMILES string of the molecule is CC(CO)(C[C@@H](N)Cc1ccc(-c2ccccc2F)cc1Cl)C(=O)OCc1ccccc1. The van der Waals surface area contributed by atoms with Gasteiger partial charge in [0.05, 0.1) is 12.0 Å². The van der Waals surface area contributed by atoms with Crippen LogP contribution in [-0.2, 0) is 22.6 Å². The maximum atomic E-state index is 14.1. The van der Waals surface area contributed by atoms with Gasteiger partial charge in [0.1, 0.15) is 12.4 Å². The van der Waals surface area contributed by atoms with Gasteiger partial charge in [-0.1, -0.05) is 72.3 Å². The molecule has 0 bridgehead atoms. The van der Waals surface area contributed by atoms with Crippen molar-refractivity contribution in [2.75, 3.05) is 6.61 Å². The first-order valence-electron chi connectivity index (χ1n) is 10.4. The summed E-state index contributed by atoms with van der Waals surface area (Å²) < 4.78 is 19.5. The zero-order valence-corrected chi connectivity index (χ0v) is 18.7. The number of esters is 1. The highest BCUT2D eigenvalue weighted by Gasteiger charge is 2.36. The fourth-order valence-corrected chi connectivity index (χ4v) is 3.88. The summed E-state index contributed by atoms with van der Waals surface area (Å²) in [4.78, 5) is 12.7. The molecule has 3 aromatic rings. The normalized spacial score (nSPS) is 13.9. The summed E-state index contributed by atoms with van der Waals surface area (Å²) in [5, 5.41) is 10.4. The Morgan fingerprint density at radius 2 is 1.81 bits per heavy atom. The van der Waals surface area contributed by atoms with Crippen molar-refractivity contribution in [3.8, 4) is 11.1 Å². The Hall–Kier alpha value is -2.73. The van der Waals surface area contributed by atoms with Gasteiger partial charge in [-0.2, -0.15) is 0 Å². The predicted molar refractivity (Wildman–Crippen MR) is 125 cm³/mol. The van der Waals surface area contributed by atoms with Crippen LogP contribution in [0.25, 0.3) is 11.1 Å². The molecule has 0 heterocycles. The Morgan fingerprint density at radius 1 is 1.12 bits per heavy atom. The Morgan fingerprint density at radius 3 is 2.47 bits per heavy atom. The van der Waals surface area contributed by atoms with Crippen molar-refractivity contribution in [2.45, 2.75) is 32.4 Å². The average molecular weight is 456 g/mol. The van der Waals surface area contributed by atoms with Crippen molar-refractivity contribution < 1.29 is 19.0 Å². The molecule has 4 nitrogen and oxygen atoms in total. The number of rotatable bonds is 9. The van der Waals surface area contributed by atoms with Gasteiger partial charge in [0.25, 0.3) is 0 Å². The van der Waals surface area contributed by atoms with Gasteiger partial charge in [-0.25, -0.2) is 4.39 Å². The van der Waals surface area contributed by atoms with Crippen LogP contribution < -0.4 is 5.73 Å². The van der Waals surface area contributed by atoms with Crippen LogP contribution in [0.15, 0.2) is 72.8 Å². The number of nitrogens with two attached hydrogens (primary N) is 1. The topological polar surface area (TPSA) is 72.5 Å². The van der Waals surface area contributed by atoms with E-state index in [9.17, 15) is 14.3 Å². The van der Waals surface area contributed by atoms with Gasteiger partial charge in [0.15, 0.2) is 0 Å². The van der Waals surface area contributed by atoms with Gasteiger partial charge in [-0.05, 0) is 48.6 Å². The number of hydrogen-bond donors (Lipinski definition) is 2. The summed E-state index contributed by atoms with van der Waals surface area (Å²) in [6.07, 6.45) is 0.625. The van der Waals surface area contributed by atoms with Crippen LogP contribution in [0.4, 0.5) is 4.39 Å². The highest BCUT2D eigenvalue weighted by Crippen LogP contribution is 2.30. The van der Waals surface area contributed by atoms with E-state index in [1.165, 1.54) is 6.07 Å². The summed E-state index contributed by atoms with van der Waals surface area (Å²) in [6.45, 7) is 1.39. The number of ether oxygens (including phenoxy) is 1. The van der Waals surface area contributed by atoms with Crippen molar-refractivity contribution in [2.24, 2.45) is 11.1 Å². The van der Waals surface area contributed by atoms with E-state index in [1.54, 1.807) is 37.3 Å². The third kappa shape index (κ3) is 5.94. The molecule has 0 fully saturated rings. The summed E-state index contributed by atoms with van der Waals surface area (Å²) in [6, 6.07) is 20.7. The van der Waals surface area contributed by atoms with Crippen LogP contribution in [0.1, 0.15) is 24.5 Å². The van der Waals surface area contributed by atoms with Crippen molar-refractivity contribution in [3.05, 3.63) is 94.8 Å². The smallest absolute Gasteiger partial charge is 0.314 e. The highest BCUT2D eigenvalue weighted by atomic mass is 35.5. The minimum Gasteiger partial charge on any atom is -0.460 e. The Kier molecular flexibility index (Phi) is 8.02. The van der Waals surface area contributed by atoms with Crippen LogP contribution in [0.5, 0.6) is 0 Å². The number of aliphatic hydroxyl groups excluding tert-OH is 1. The van der Waals surface area contributed by atoms with Crippen molar-refractivity contribution in [3.63, 3.8) is 0 Å². The van der Waals surface area contributed by atoms with Crippen LogP contribution in [0.3, 0.4) is 0 Å². The number of carbonyl (C=O) groups excluding carboxylic acids is 1. The fourth-order valence-electron chi connectivity index (χ4n) is 3.62. The lowest BCUT2D eigenvalue weighted by atomic mass is 9.83. The molecule has 168 valence electrons. The number of aliphatic hydroxyl groups is 1. The van der Waals surface area contributed by atoms with E-state index in [0.29, 0.717) is 22.6 Å². The van der Waals surface area contributed by atoms with Crippen LogP contribution in [-0.4, -0.2) is 23.7 Å². The van der Waals surface area contributed by atoms with E-state index in [2.05, 4.69) is 0 Å². The molecule has 3 rings (SSSR count). The maximum absolute atomic E-state index is 14.1. The second kappa shape index (κ2) is 10.7. The minimum atomic E-state index is -1.13. The van der Waals surface area contributed by atoms with Crippen LogP contribution in [0.2, 0.25) is 5.02 Å². The maximum Gasteiger partial charge on any atom is 0.314 e. The van der Waals surface area contributed by atoms with E-state index < -0.39 is 17.4 Å². The monoisotopic (exact) mass is 455 g/mol. The minimum absolute atomic E-state index is 0.133. The molecule has 32 heavy (non-hydrogen) atoms. The van der Waals surface area contributed by atoms with Gasteiger partial charge < -0.3 is 15.6 Å². The molecule has 0 aromatic heterocycles. The van der Waals surface area contributed by atoms with E-state index in [0.717, 1.165) is 11.1 Å².